The van der Waals surface area contributed by atoms with E-state index in [0.717, 1.165) is 23.1 Å². The summed E-state index contributed by atoms with van der Waals surface area (Å²) < 4.78 is 5.48. The van der Waals surface area contributed by atoms with Gasteiger partial charge in [0.25, 0.3) is 0 Å². The Labute approximate surface area is 208 Å². The van der Waals surface area contributed by atoms with Gasteiger partial charge in [-0.3, -0.25) is 9.80 Å². The Kier molecular flexibility index (Phi) is 9.14. The zero-order valence-corrected chi connectivity index (χ0v) is 21.6. The summed E-state index contributed by atoms with van der Waals surface area (Å²) in [5.74, 6) is -0.413. The van der Waals surface area contributed by atoms with Crippen molar-refractivity contribution < 1.29 is 19.1 Å². The van der Waals surface area contributed by atoms with Crippen molar-refractivity contribution in [1.29, 1.82) is 0 Å². The molecule has 1 atom stereocenters. The fraction of sp³-hybridized carbons (Fsp3) is 0.577. The number of benzene rings is 1. The molecule has 9 heteroatoms. The first kappa shape index (κ1) is 26.5. The van der Waals surface area contributed by atoms with Gasteiger partial charge in [0.15, 0.2) is 0 Å². The van der Waals surface area contributed by atoms with Crippen molar-refractivity contribution >= 4 is 18.0 Å². The lowest BCUT2D eigenvalue weighted by atomic mass is 9.90. The molecule has 2 N–H and O–H groups in total. The molecule has 0 spiro atoms. The SMILES string of the molecule is CCCNC(=O)N1CCN(CC2=C(C(=O)OCC)[C@@H](c3cc(C)ccc3C)NC(=O)N2CC)CC1. The quantitative estimate of drug-likeness (QED) is 0.552. The molecule has 0 aliphatic carbocycles. The van der Waals surface area contributed by atoms with Gasteiger partial charge in [-0.2, -0.15) is 0 Å². The van der Waals surface area contributed by atoms with E-state index >= 15 is 0 Å². The smallest absolute Gasteiger partial charge is 0.338 e. The van der Waals surface area contributed by atoms with Crippen LogP contribution in [-0.2, 0) is 9.53 Å². The van der Waals surface area contributed by atoms with Gasteiger partial charge in [-0.25, -0.2) is 14.4 Å². The third kappa shape index (κ3) is 6.14. The number of ether oxygens (including phenoxy) is 1. The highest BCUT2D eigenvalue weighted by Gasteiger charge is 2.39. The normalized spacial score (nSPS) is 19.0. The molecule has 3 rings (SSSR count). The average Bonchev–Trinajstić information content (AvgIpc) is 2.84. The molecule has 2 aliphatic rings. The second-order valence-corrected chi connectivity index (χ2v) is 9.06. The molecule has 4 amide bonds. The molecule has 1 aromatic rings. The second kappa shape index (κ2) is 12.1. The van der Waals surface area contributed by atoms with Gasteiger partial charge in [0.1, 0.15) is 0 Å². The van der Waals surface area contributed by atoms with Crippen molar-refractivity contribution in [2.75, 3.05) is 52.4 Å². The van der Waals surface area contributed by atoms with Gasteiger partial charge in [0.2, 0.25) is 0 Å². The zero-order chi connectivity index (χ0) is 25.5. The van der Waals surface area contributed by atoms with Crippen LogP contribution in [0.1, 0.15) is 49.9 Å². The molecule has 0 saturated carbocycles. The molecular weight excluding hydrogens is 446 g/mol. The minimum Gasteiger partial charge on any atom is -0.463 e. The van der Waals surface area contributed by atoms with E-state index in [2.05, 4.69) is 15.5 Å². The molecule has 0 radical (unpaired) electrons. The van der Waals surface area contributed by atoms with Crippen LogP contribution in [0.2, 0.25) is 0 Å². The lowest BCUT2D eigenvalue weighted by Crippen LogP contribution is -2.55. The highest BCUT2D eigenvalue weighted by Crippen LogP contribution is 2.34. The van der Waals surface area contributed by atoms with Crippen LogP contribution in [-0.4, -0.2) is 85.2 Å². The number of esters is 1. The fourth-order valence-electron chi connectivity index (χ4n) is 4.63. The summed E-state index contributed by atoms with van der Waals surface area (Å²) in [6.45, 7) is 14.0. The van der Waals surface area contributed by atoms with Crippen LogP contribution in [0, 0.1) is 13.8 Å². The molecule has 0 aromatic heterocycles. The topological polar surface area (TPSA) is 94.2 Å². The van der Waals surface area contributed by atoms with E-state index in [9.17, 15) is 14.4 Å². The summed E-state index contributed by atoms with van der Waals surface area (Å²) >= 11 is 0. The molecular formula is C26H39N5O4. The summed E-state index contributed by atoms with van der Waals surface area (Å²) in [7, 11) is 0. The number of urea groups is 2. The van der Waals surface area contributed by atoms with E-state index in [1.165, 1.54) is 0 Å². The van der Waals surface area contributed by atoms with Crippen LogP contribution in [0.5, 0.6) is 0 Å². The van der Waals surface area contributed by atoms with Crippen LogP contribution in [0.3, 0.4) is 0 Å². The second-order valence-electron chi connectivity index (χ2n) is 9.06. The maximum atomic E-state index is 13.3. The summed E-state index contributed by atoms with van der Waals surface area (Å²) in [6.07, 6.45) is 0.896. The number of likely N-dealkylation sites (N-methyl/N-ethyl adjacent to an activating group) is 1. The summed E-state index contributed by atoms with van der Waals surface area (Å²) in [5.41, 5.74) is 4.10. The van der Waals surface area contributed by atoms with Crippen molar-refractivity contribution in [2.24, 2.45) is 0 Å². The van der Waals surface area contributed by atoms with Gasteiger partial charge in [-0.15, -0.1) is 0 Å². The molecule has 192 valence electrons. The molecule has 35 heavy (non-hydrogen) atoms. The average molecular weight is 486 g/mol. The van der Waals surface area contributed by atoms with Crippen molar-refractivity contribution in [1.82, 2.24) is 25.3 Å². The Morgan fingerprint density at radius 2 is 1.83 bits per heavy atom. The molecule has 0 unspecified atom stereocenters. The summed E-state index contributed by atoms with van der Waals surface area (Å²) in [4.78, 5) is 44.5. The van der Waals surface area contributed by atoms with Crippen molar-refractivity contribution in [2.45, 2.75) is 47.1 Å². The Balaban J connectivity index is 1.93. The maximum Gasteiger partial charge on any atom is 0.338 e. The van der Waals surface area contributed by atoms with Gasteiger partial charge in [-0.1, -0.05) is 30.7 Å². The first-order valence-electron chi connectivity index (χ1n) is 12.6. The third-order valence-electron chi connectivity index (χ3n) is 6.55. The summed E-state index contributed by atoms with van der Waals surface area (Å²) in [5, 5.41) is 5.98. The van der Waals surface area contributed by atoms with E-state index in [4.69, 9.17) is 4.74 Å². The van der Waals surface area contributed by atoms with Crippen LogP contribution in [0.15, 0.2) is 29.5 Å². The lowest BCUT2D eigenvalue weighted by molar-refractivity contribution is -0.139. The van der Waals surface area contributed by atoms with Gasteiger partial charge < -0.3 is 20.3 Å². The number of nitrogens with one attached hydrogen (secondary N) is 2. The predicted molar refractivity (Wildman–Crippen MR) is 135 cm³/mol. The minimum atomic E-state index is -0.583. The van der Waals surface area contributed by atoms with E-state index in [1.54, 1.807) is 11.8 Å². The van der Waals surface area contributed by atoms with Gasteiger partial charge >= 0.3 is 18.0 Å². The van der Waals surface area contributed by atoms with E-state index in [0.29, 0.717) is 57.1 Å². The number of nitrogens with zero attached hydrogens (tertiary/aromatic N) is 3. The highest BCUT2D eigenvalue weighted by atomic mass is 16.5. The largest absolute Gasteiger partial charge is 0.463 e. The van der Waals surface area contributed by atoms with E-state index in [-0.39, 0.29) is 18.7 Å². The number of amides is 4. The highest BCUT2D eigenvalue weighted by molar-refractivity contribution is 5.95. The Bertz CT molecular complexity index is 968. The van der Waals surface area contributed by atoms with E-state index < -0.39 is 12.0 Å². The van der Waals surface area contributed by atoms with Crippen LogP contribution >= 0.6 is 0 Å². The molecule has 1 saturated heterocycles. The first-order valence-corrected chi connectivity index (χ1v) is 12.6. The Morgan fingerprint density at radius 1 is 1.11 bits per heavy atom. The number of piperazine rings is 1. The zero-order valence-electron chi connectivity index (χ0n) is 21.6. The number of hydrogen-bond donors (Lipinski definition) is 2. The molecule has 9 nitrogen and oxygen atoms in total. The van der Waals surface area contributed by atoms with Crippen LogP contribution < -0.4 is 10.6 Å². The minimum absolute atomic E-state index is 0.0415. The van der Waals surface area contributed by atoms with Crippen molar-refractivity contribution in [3.05, 3.63) is 46.2 Å². The fourth-order valence-corrected chi connectivity index (χ4v) is 4.63. The molecule has 2 heterocycles. The van der Waals surface area contributed by atoms with Gasteiger partial charge in [-0.05, 0) is 45.2 Å². The standard InChI is InChI=1S/C26H39N5O4/c1-6-11-27-25(33)30-14-12-29(13-15-30)17-21-22(24(32)35-8-3)23(28-26(34)31(21)7-2)20-16-18(4)9-10-19(20)5/h9-10,16,23H,6-8,11-15,17H2,1-5H3,(H,27,33)(H,28,34)/t23-/m1/s1. The molecule has 0 bridgehead atoms. The number of carbonyl (C=O) groups excluding carboxylic acids is 3. The molecule has 2 aliphatic heterocycles. The molecule has 1 fully saturated rings. The number of hydrogen-bond acceptors (Lipinski definition) is 5. The maximum absolute atomic E-state index is 13.3. The van der Waals surface area contributed by atoms with Gasteiger partial charge in [0, 0.05) is 51.5 Å². The lowest BCUT2D eigenvalue weighted by Gasteiger charge is -2.40. The number of aryl methyl sites for hydroxylation is 2. The van der Waals surface area contributed by atoms with Crippen molar-refractivity contribution in [3.8, 4) is 0 Å². The van der Waals surface area contributed by atoms with Crippen molar-refractivity contribution in [3.63, 3.8) is 0 Å². The van der Waals surface area contributed by atoms with Gasteiger partial charge in [0.05, 0.1) is 18.2 Å². The number of carbonyl (C=O) groups is 3. The summed E-state index contributed by atoms with van der Waals surface area (Å²) in [6, 6.07) is 5.20. The van der Waals surface area contributed by atoms with Crippen LogP contribution in [0.4, 0.5) is 9.59 Å². The Morgan fingerprint density at radius 3 is 2.46 bits per heavy atom. The third-order valence-corrected chi connectivity index (χ3v) is 6.55. The van der Waals surface area contributed by atoms with Crippen LogP contribution in [0.25, 0.3) is 0 Å². The van der Waals surface area contributed by atoms with E-state index in [1.807, 2.05) is 50.8 Å². The predicted octanol–water partition coefficient (Wildman–Crippen LogP) is 2.94. The first-order chi connectivity index (χ1) is 16.8. The molecule has 1 aromatic carbocycles. The monoisotopic (exact) mass is 485 g/mol. The number of rotatable bonds is 8. The Hall–Kier alpha value is -3.07.